The summed E-state index contributed by atoms with van der Waals surface area (Å²) in [6.45, 7) is 2.86. The number of hydrogen-bond acceptors (Lipinski definition) is 2. The molecule has 2 nitrogen and oxygen atoms in total. The van der Waals surface area contributed by atoms with Crippen LogP contribution >= 0.6 is 15.9 Å². The molecule has 0 bridgehead atoms. The van der Waals surface area contributed by atoms with Gasteiger partial charge in [0.1, 0.15) is 5.75 Å². The first-order valence-corrected chi connectivity index (χ1v) is 5.04. The van der Waals surface area contributed by atoms with Gasteiger partial charge in [-0.2, -0.15) is 0 Å². The fourth-order valence-electron chi connectivity index (χ4n) is 0.715. The van der Waals surface area contributed by atoms with Gasteiger partial charge in [0.25, 0.3) is 0 Å². The number of rotatable bonds is 4. The summed E-state index contributed by atoms with van der Waals surface area (Å²) in [4.78, 5) is 3.95. The molecule has 1 aromatic rings. The number of hydrogen-bond donors (Lipinski definition) is 0. The zero-order chi connectivity index (χ0) is 8.81. The Kier molecular flexibility index (Phi) is 4.08. The van der Waals surface area contributed by atoms with Gasteiger partial charge in [0.05, 0.1) is 12.8 Å². The number of nitrogens with zero attached hydrogens (tertiary/aromatic N) is 1. The molecule has 66 valence electrons. The SMILES string of the molecule is CC(CBr)COc1cccnc1. The van der Waals surface area contributed by atoms with Crippen molar-refractivity contribution in [3.05, 3.63) is 24.5 Å². The Bertz CT molecular complexity index is 215. The number of ether oxygens (including phenoxy) is 1. The molecular formula is C9H12BrNO. The third-order valence-corrected chi connectivity index (χ3v) is 2.54. The van der Waals surface area contributed by atoms with Gasteiger partial charge in [0.15, 0.2) is 0 Å². The van der Waals surface area contributed by atoms with Gasteiger partial charge in [-0.1, -0.05) is 22.9 Å². The van der Waals surface area contributed by atoms with Crippen LogP contribution in [0.4, 0.5) is 0 Å². The topological polar surface area (TPSA) is 22.1 Å². The molecule has 0 saturated carbocycles. The van der Waals surface area contributed by atoms with E-state index in [-0.39, 0.29) is 0 Å². The molecule has 0 aromatic carbocycles. The van der Waals surface area contributed by atoms with Crippen LogP contribution in [0.1, 0.15) is 6.92 Å². The van der Waals surface area contributed by atoms with Crippen LogP contribution < -0.4 is 4.74 Å². The van der Waals surface area contributed by atoms with Crippen molar-refractivity contribution < 1.29 is 4.74 Å². The van der Waals surface area contributed by atoms with Crippen LogP contribution in [0, 0.1) is 5.92 Å². The van der Waals surface area contributed by atoms with Crippen molar-refractivity contribution in [2.75, 3.05) is 11.9 Å². The average molecular weight is 230 g/mol. The summed E-state index contributed by atoms with van der Waals surface area (Å²) in [5.74, 6) is 1.37. The zero-order valence-corrected chi connectivity index (χ0v) is 8.62. The average Bonchev–Trinajstić information content (AvgIpc) is 2.16. The van der Waals surface area contributed by atoms with Crippen molar-refractivity contribution in [2.24, 2.45) is 5.92 Å². The third-order valence-electron chi connectivity index (χ3n) is 1.43. The van der Waals surface area contributed by atoms with Gasteiger partial charge in [-0.05, 0) is 18.1 Å². The lowest BCUT2D eigenvalue weighted by molar-refractivity contribution is 0.273. The standard InChI is InChI=1S/C9H12BrNO/c1-8(5-10)7-12-9-3-2-4-11-6-9/h2-4,6,8H,5,7H2,1H3. The molecule has 1 heterocycles. The van der Waals surface area contributed by atoms with Gasteiger partial charge in [0.2, 0.25) is 0 Å². The number of halogens is 1. The first kappa shape index (κ1) is 9.52. The number of alkyl halides is 1. The Labute approximate surface area is 81.1 Å². The molecule has 0 amide bonds. The quantitative estimate of drug-likeness (QED) is 0.741. The van der Waals surface area contributed by atoms with Gasteiger partial charge in [-0.25, -0.2) is 0 Å². The molecule has 0 fully saturated rings. The van der Waals surface area contributed by atoms with Crippen molar-refractivity contribution in [3.63, 3.8) is 0 Å². The smallest absolute Gasteiger partial charge is 0.137 e. The normalized spacial score (nSPS) is 12.5. The van der Waals surface area contributed by atoms with E-state index in [0.717, 1.165) is 17.7 Å². The van der Waals surface area contributed by atoms with Gasteiger partial charge < -0.3 is 4.74 Å². The molecular weight excluding hydrogens is 218 g/mol. The monoisotopic (exact) mass is 229 g/mol. The predicted molar refractivity (Wildman–Crippen MR) is 52.7 cm³/mol. The highest BCUT2D eigenvalue weighted by molar-refractivity contribution is 9.09. The van der Waals surface area contributed by atoms with E-state index in [9.17, 15) is 0 Å². The lowest BCUT2D eigenvalue weighted by Crippen LogP contribution is -2.09. The molecule has 0 aliphatic heterocycles. The van der Waals surface area contributed by atoms with E-state index < -0.39 is 0 Å². The van der Waals surface area contributed by atoms with Crippen LogP contribution in [0.3, 0.4) is 0 Å². The second kappa shape index (κ2) is 5.14. The first-order valence-electron chi connectivity index (χ1n) is 3.91. The Morgan fingerprint density at radius 2 is 2.50 bits per heavy atom. The largest absolute Gasteiger partial charge is 0.492 e. The molecule has 0 saturated heterocycles. The minimum atomic E-state index is 0.533. The van der Waals surface area contributed by atoms with Gasteiger partial charge >= 0.3 is 0 Å². The summed E-state index contributed by atoms with van der Waals surface area (Å²) in [6, 6.07) is 3.78. The Morgan fingerprint density at radius 1 is 1.67 bits per heavy atom. The van der Waals surface area contributed by atoms with E-state index in [0.29, 0.717) is 5.92 Å². The highest BCUT2D eigenvalue weighted by Crippen LogP contribution is 2.08. The second-order valence-electron chi connectivity index (χ2n) is 2.76. The highest BCUT2D eigenvalue weighted by atomic mass is 79.9. The molecule has 0 N–H and O–H groups in total. The maximum absolute atomic E-state index is 5.47. The van der Waals surface area contributed by atoms with E-state index in [1.165, 1.54) is 0 Å². The van der Waals surface area contributed by atoms with Gasteiger partial charge in [-0.15, -0.1) is 0 Å². The Morgan fingerprint density at radius 3 is 3.08 bits per heavy atom. The molecule has 0 spiro atoms. The van der Waals surface area contributed by atoms with Crippen LogP contribution in [0.15, 0.2) is 24.5 Å². The van der Waals surface area contributed by atoms with E-state index in [1.807, 2.05) is 12.1 Å². The molecule has 0 aliphatic rings. The summed E-state index contributed by atoms with van der Waals surface area (Å²) in [7, 11) is 0. The van der Waals surface area contributed by atoms with E-state index in [4.69, 9.17) is 4.74 Å². The number of aromatic nitrogens is 1. The third kappa shape index (κ3) is 3.22. The molecule has 1 atom stereocenters. The van der Waals surface area contributed by atoms with E-state index in [1.54, 1.807) is 12.4 Å². The predicted octanol–water partition coefficient (Wildman–Crippen LogP) is 2.49. The lowest BCUT2D eigenvalue weighted by Gasteiger charge is -2.09. The fraction of sp³-hybridized carbons (Fsp3) is 0.444. The van der Waals surface area contributed by atoms with Crippen molar-refractivity contribution in [2.45, 2.75) is 6.92 Å². The molecule has 0 radical (unpaired) electrons. The van der Waals surface area contributed by atoms with Gasteiger partial charge in [-0.3, -0.25) is 4.98 Å². The summed E-state index contributed by atoms with van der Waals surface area (Å²) in [5.41, 5.74) is 0. The number of pyridine rings is 1. The van der Waals surface area contributed by atoms with Crippen LogP contribution in [-0.4, -0.2) is 16.9 Å². The fourth-order valence-corrected chi connectivity index (χ4v) is 0.902. The Hall–Kier alpha value is -0.570. The van der Waals surface area contributed by atoms with Crippen LogP contribution in [0.25, 0.3) is 0 Å². The van der Waals surface area contributed by atoms with Crippen molar-refractivity contribution in [1.29, 1.82) is 0 Å². The first-order chi connectivity index (χ1) is 5.83. The summed E-state index contributed by atoms with van der Waals surface area (Å²) < 4.78 is 5.47. The summed E-state index contributed by atoms with van der Waals surface area (Å²) in [6.07, 6.45) is 3.46. The summed E-state index contributed by atoms with van der Waals surface area (Å²) in [5, 5.41) is 0.966. The zero-order valence-electron chi connectivity index (χ0n) is 7.03. The van der Waals surface area contributed by atoms with E-state index in [2.05, 4.69) is 27.8 Å². The second-order valence-corrected chi connectivity index (χ2v) is 3.41. The minimum absolute atomic E-state index is 0.533. The summed E-state index contributed by atoms with van der Waals surface area (Å²) >= 11 is 3.39. The molecule has 1 rings (SSSR count). The molecule has 1 aromatic heterocycles. The minimum Gasteiger partial charge on any atom is -0.492 e. The molecule has 12 heavy (non-hydrogen) atoms. The van der Waals surface area contributed by atoms with Crippen LogP contribution in [0.2, 0.25) is 0 Å². The van der Waals surface area contributed by atoms with Gasteiger partial charge in [0, 0.05) is 11.5 Å². The molecule has 0 aliphatic carbocycles. The van der Waals surface area contributed by atoms with Crippen LogP contribution in [-0.2, 0) is 0 Å². The van der Waals surface area contributed by atoms with Crippen LogP contribution in [0.5, 0.6) is 5.75 Å². The van der Waals surface area contributed by atoms with Crippen molar-refractivity contribution >= 4 is 15.9 Å². The Balaban J connectivity index is 2.33. The molecule has 1 unspecified atom stereocenters. The maximum atomic E-state index is 5.47. The maximum Gasteiger partial charge on any atom is 0.137 e. The lowest BCUT2D eigenvalue weighted by atomic mass is 10.2. The van der Waals surface area contributed by atoms with E-state index >= 15 is 0 Å². The van der Waals surface area contributed by atoms with Crippen molar-refractivity contribution in [3.8, 4) is 5.75 Å². The molecule has 3 heteroatoms. The highest BCUT2D eigenvalue weighted by Gasteiger charge is 1.99. The van der Waals surface area contributed by atoms with Crippen molar-refractivity contribution in [1.82, 2.24) is 4.98 Å².